The van der Waals surface area contributed by atoms with Gasteiger partial charge in [-0.2, -0.15) is 13.2 Å². The number of carbonyl (C=O) groups is 2. The SMILES string of the molecule is C[C@H](O)C(=O)N1CCCC(c2nc(-c3ccc(C(=O)Nc4cc(C(F)(F)F)ccn4)cc3)n3c(N)nccc23)C1. The van der Waals surface area contributed by atoms with Gasteiger partial charge in [-0.25, -0.2) is 15.0 Å². The van der Waals surface area contributed by atoms with Gasteiger partial charge in [-0.3, -0.25) is 14.0 Å². The summed E-state index contributed by atoms with van der Waals surface area (Å²) in [6, 6.07) is 9.74. The Morgan fingerprint density at radius 3 is 2.55 bits per heavy atom. The molecule has 13 heteroatoms. The Morgan fingerprint density at radius 2 is 1.85 bits per heavy atom. The first-order chi connectivity index (χ1) is 19.0. The molecule has 5 rings (SSSR count). The molecule has 1 aliphatic rings. The van der Waals surface area contributed by atoms with Gasteiger partial charge in [0.25, 0.3) is 11.8 Å². The number of aliphatic hydroxyl groups excluding tert-OH is 1. The monoisotopic (exact) mass is 553 g/mol. The number of anilines is 2. The number of amides is 2. The highest BCUT2D eigenvalue weighted by Crippen LogP contribution is 2.34. The molecule has 40 heavy (non-hydrogen) atoms. The van der Waals surface area contributed by atoms with E-state index < -0.39 is 23.8 Å². The molecule has 0 saturated carbocycles. The maximum Gasteiger partial charge on any atom is 0.416 e. The van der Waals surface area contributed by atoms with Crippen LogP contribution >= 0.6 is 0 Å². The third-order valence-corrected chi connectivity index (χ3v) is 6.82. The van der Waals surface area contributed by atoms with Gasteiger partial charge in [-0.1, -0.05) is 12.1 Å². The van der Waals surface area contributed by atoms with E-state index in [1.807, 2.05) is 0 Å². The molecular weight excluding hydrogens is 527 g/mol. The van der Waals surface area contributed by atoms with Crippen molar-refractivity contribution in [2.45, 2.75) is 38.0 Å². The number of pyridine rings is 1. The molecule has 208 valence electrons. The van der Waals surface area contributed by atoms with Crippen molar-refractivity contribution >= 4 is 29.1 Å². The van der Waals surface area contributed by atoms with Gasteiger partial charge < -0.3 is 21.1 Å². The largest absolute Gasteiger partial charge is 0.416 e. The molecule has 1 unspecified atom stereocenters. The van der Waals surface area contributed by atoms with Crippen LogP contribution in [-0.4, -0.2) is 60.4 Å². The zero-order valence-corrected chi connectivity index (χ0v) is 21.4. The summed E-state index contributed by atoms with van der Waals surface area (Å²) >= 11 is 0. The number of aliphatic hydroxyl groups is 1. The molecule has 1 fully saturated rings. The van der Waals surface area contributed by atoms with E-state index in [4.69, 9.17) is 10.7 Å². The zero-order chi connectivity index (χ0) is 28.6. The Balaban J connectivity index is 1.42. The van der Waals surface area contributed by atoms with Crippen molar-refractivity contribution in [3.63, 3.8) is 0 Å². The summed E-state index contributed by atoms with van der Waals surface area (Å²) in [5.74, 6) is -0.575. The van der Waals surface area contributed by atoms with E-state index in [0.29, 0.717) is 24.5 Å². The topological polar surface area (TPSA) is 139 Å². The summed E-state index contributed by atoms with van der Waals surface area (Å²) in [6.07, 6.45) is -1.55. The second-order valence-electron chi connectivity index (χ2n) is 9.60. The molecule has 0 bridgehead atoms. The predicted octanol–water partition coefficient (Wildman–Crippen LogP) is 3.73. The third kappa shape index (κ3) is 5.32. The molecule has 1 aliphatic heterocycles. The minimum Gasteiger partial charge on any atom is -0.384 e. The average molecular weight is 554 g/mol. The number of halogens is 3. The number of benzene rings is 1. The van der Waals surface area contributed by atoms with E-state index in [-0.39, 0.29) is 29.2 Å². The van der Waals surface area contributed by atoms with Crippen LogP contribution in [0.15, 0.2) is 54.9 Å². The van der Waals surface area contributed by atoms with Gasteiger partial charge in [-0.05, 0) is 50.1 Å². The minimum atomic E-state index is -4.56. The van der Waals surface area contributed by atoms with Gasteiger partial charge in [0.05, 0.1) is 16.8 Å². The lowest BCUT2D eigenvalue weighted by Gasteiger charge is -2.33. The summed E-state index contributed by atoms with van der Waals surface area (Å²) in [6.45, 7) is 2.41. The third-order valence-electron chi connectivity index (χ3n) is 6.82. The van der Waals surface area contributed by atoms with Crippen LogP contribution < -0.4 is 11.1 Å². The van der Waals surface area contributed by atoms with Crippen molar-refractivity contribution in [1.82, 2.24) is 24.3 Å². The Morgan fingerprint density at radius 1 is 1.12 bits per heavy atom. The molecule has 0 radical (unpaired) electrons. The van der Waals surface area contributed by atoms with E-state index in [9.17, 15) is 27.9 Å². The van der Waals surface area contributed by atoms with Gasteiger partial charge in [0, 0.05) is 42.5 Å². The number of aromatic nitrogens is 4. The molecular formula is C27H26F3N7O3. The van der Waals surface area contributed by atoms with E-state index in [1.54, 1.807) is 33.7 Å². The van der Waals surface area contributed by atoms with Crippen LogP contribution in [-0.2, 0) is 11.0 Å². The van der Waals surface area contributed by atoms with Crippen LogP contribution in [0.2, 0.25) is 0 Å². The van der Waals surface area contributed by atoms with Gasteiger partial charge in [0.15, 0.2) is 0 Å². The van der Waals surface area contributed by atoms with E-state index >= 15 is 0 Å². The lowest BCUT2D eigenvalue weighted by molar-refractivity contribution is -0.140. The molecule has 1 aromatic carbocycles. The first-order valence-electron chi connectivity index (χ1n) is 12.6. The molecule has 1 saturated heterocycles. The van der Waals surface area contributed by atoms with E-state index in [2.05, 4.69) is 15.3 Å². The number of carbonyl (C=O) groups excluding carboxylic acids is 2. The van der Waals surface area contributed by atoms with Crippen molar-refractivity contribution in [2.24, 2.45) is 0 Å². The van der Waals surface area contributed by atoms with Crippen LogP contribution in [0, 0.1) is 0 Å². The van der Waals surface area contributed by atoms with Crippen LogP contribution in [0.4, 0.5) is 24.9 Å². The molecule has 4 N–H and O–H groups in total. The minimum absolute atomic E-state index is 0.0907. The number of nitrogens with zero attached hydrogens (tertiary/aromatic N) is 5. The molecule has 2 amide bonds. The average Bonchev–Trinajstić information content (AvgIpc) is 3.33. The van der Waals surface area contributed by atoms with Gasteiger partial charge in [0.2, 0.25) is 5.95 Å². The number of imidazole rings is 1. The van der Waals surface area contributed by atoms with E-state index in [0.717, 1.165) is 42.4 Å². The van der Waals surface area contributed by atoms with Crippen LogP contribution in [0.3, 0.4) is 0 Å². The first kappa shape index (κ1) is 27.1. The summed E-state index contributed by atoms with van der Waals surface area (Å²) < 4.78 is 40.7. The van der Waals surface area contributed by atoms with Crippen molar-refractivity contribution in [3.05, 3.63) is 71.7 Å². The zero-order valence-electron chi connectivity index (χ0n) is 21.4. The number of hydrogen-bond acceptors (Lipinski definition) is 7. The van der Waals surface area contributed by atoms with Crippen molar-refractivity contribution < 1.29 is 27.9 Å². The number of fused-ring (bicyclic) bond motifs is 1. The quantitative estimate of drug-likeness (QED) is 0.342. The standard InChI is InChI=1S/C27H26F3N7O3/c1-15(38)25(40)36-12-2-3-18(14-36)22-20-9-11-33-26(31)37(20)23(35-22)16-4-6-17(7-5-16)24(39)34-21-13-19(8-10-32-21)27(28,29)30/h4-11,13,15,18,38H,2-3,12,14H2,1H3,(H2,31,33)(H,32,34,39)/t15-,18?/m0/s1. The van der Waals surface area contributed by atoms with E-state index in [1.165, 1.54) is 19.1 Å². The first-order valence-corrected chi connectivity index (χ1v) is 12.6. The summed E-state index contributed by atoms with van der Waals surface area (Å²) in [5, 5.41) is 12.2. The Hall–Kier alpha value is -4.52. The van der Waals surface area contributed by atoms with Crippen LogP contribution in [0.25, 0.3) is 16.9 Å². The number of alkyl halides is 3. The summed E-state index contributed by atoms with van der Waals surface area (Å²) in [7, 11) is 0. The normalized spacial score (nSPS) is 16.6. The molecule has 0 spiro atoms. The highest BCUT2D eigenvalue weighted by atomic mass is 19.4. The molecule has 10 nitrogen and oxygen atoms in total. The summed E-state index contributed by atoms with van der Waals surface area (Å²) in [5.41, 5.74) is 7.61. The molecule has 4 aromatic rings. The molecule has 3 aromatic heterocycles. The number of likely N-dealkylation sites (tertiary alicyclic amines) is 1. The number of rotatable bonds is 5. The molecule has 2 atom stereocenters. The fourth-order valence-corrected chi connectivity index (χ4v) is 4.88. The smallest absolute Gasteiger partial charge is 0.384 e. The van der Waals surface area contributed by atoms with Gasteiger partial charge in [-0.15, -0.1) is 0 Å². The Labute approximate surface area is 226 Å². The highest BCUT2D eigenvalue weighted by molar-refractivity contribution is 6.04. The molecule has 4 heterocycles. The second kappa shape index (κ2) is 10.6. The summed E-state index contributed by atoms with van der Waals surface area (Å²) in [4.78, 5) is 39.6. The lowest BCUT2D eigenvalue weighted by atomic mass is 9.94. The number of hydrogen-bond donors (Lipinski definition) is 3. The van der Waals surface area contributed by atoms with Crippen LogP contribution in [0.5, 0.6) is 0 Å². The van der Waals surface area contributed by atoms with Crippen molar-refractivity contribution in [3.8, 4) is 11.4 Å². The predicted molar refractivity (Wildman–Crippen MR) is 140 cm³/mol. The number of nitrogen functional groups attached to an aromatic ring is 1. The lowest BCUT2D eigenvalue weighted by Crippen LogP contribution is -2.43. The second-order valence-corrected chi connectivity index (χ2v) is 9.60. The maximum atomic E-state index is 13.0. The maximum absolute atomic E-state index is 13.0. The number of piperidine rings is 1. The van der Waals surface area contributed by atoms with Crippen molar-refractivity contribution in [2.75, 3.05) is 24.1 Å². The molecule has 0 aliphatic carbocycles. The fourth-order valence-electron chi connectivity index (χ4n) is 4.88. The Kier molecular flexibility index (Phi) is 7.15. The van der Waals surface area contributed by atoms with Gasteiger partial charge in [0.1, 0.15) is 17.7 Å². The van der Waals surface area contributed by atoms with Gasteiger partial charge >= 0.3 is 6.18 Å². The number of nitrogens with one attached hydrogen (secondary N) is 1. The number of nitrogens with two attached hydrogens (primary N) is 1. The van der Waals surface area contributed by atoms with Crippen molar-refractivity contribution in [1.29, 1.82) is 0 Å². The fraction of sp³-hybridized carbons (Fsp3) is 0.296. The highest BCUT2D eigenvalue weighted by Gasteiger charge is 2.32. The Bertz CT molecular complexity index is 1570. The van der Waals surface area contributed by atoms with Crippen LogP contribution in [0.1, 0.15) is 47.3 Å².